The van der Waals surface area contributed by atoms with Gasteiger partial charge in [-0.3, -0.25) is 9.69 Å². The van der Waals surface area contributed by atoms with Crippen LogP contribution in [-0.4, -0.2) is 62.0 Å². The van der Waals surface area contributed by atoms with Gasteiger partial charge in [-0.1, -0.05) is 0 Å². The van der Waals surface area contributed by atoms with E-state index >= 15 is 0 Å². The van der Waals surface area contributed by atoms with Gasteiger partial charge in [0, 0.05) is 37.8 Å². The summed E-state index contributed by atoms with van der Waals surface area (Å²) in [7, 11) is 2.17. The van der Waals surface area contributed by atoms with Crippen LogP contribution >= 0.6 is 0 Å². The van der Waals surface area contributed by atoms with E-state index in [1.165, 1.54) is 0 Å². The number of benzene rings is 1. The lowest BCUT2D eigenvalue weighted by molar-refractivity contribution is 0.106. The predicted octanol–water partition coefficient (Wildman–Crippen LogP) is 1.90. The molecule has 1 aromatic carbocycles. The minimum absolute atomic E-state index is 0.554. The third-order valence-corrected chi connectivity index (χ3v) is 3.98. The van der Waals surface area contributed by atoms with Crippen LogP contribution < -0.4 is 4.74 Å². The van der Waals surface area contributed by atoms with Crippen LogP contribution in [0.4, 0.5) is 0 Å². The first kappa shape index (κ1) is 15.0. The van der Waals surface area contributed by atoms with Crippen molar-refractivity contribution in [2.45, 2.75) is 19.4 Å². The zero-order valence-electron chi connectivity index (χ0n) is 12.4. The Morgan fingerprint density at radius 2 is 1.85 bits per heavy atom. The number of rotatable bonds is 6. The lowest BCUT2D eigenvalue weighted by Crippen LogP contribution is -2.48. The van der Waals surface area contributed by atoms with Gasteiger partial charge in [-0.15, -0.1) is 0 Å². The van der Waals surface area contributed by atoms with Crippen molar-refractivity contribution < 1.29 is 9.53 Å². The highest BCUT2D eigenvalue weighted by Gasteiger charge is 2.18. The molecule has 1 unspecified atom stereocenters. The van der Waals surface area contributed by atoms with Gasteiger partial charge in [-0.2, -0.15) is 0 Å². The lowest BCUT2D eigenvalue weighted by atomic mass is 10.2. The van der Waals surface area contributed by atoms with Crippen LogP contribution in [0, 0.1) is 0 Å². The Balaban J connectivity index is 1.70. The molecule has 4 nitrogen and oxygen atoms in total. The van der Waals surface area contributed by atoms with E-state index in [4.69, 9.17) is 4.74 Å². The highest BCUT2D eigenvalue weighted by molar-refractivity contribution is 5.74. The van der Waals surface area contributed by atoms with E-state index in [1.54, 1.807) is 12.1 Å². The van der Waals surface area contributed by atoms with Crippen molar-refractivity contribution >= 4 is 6.29 Å². The molecule has 0 aromatic heterocycles. The van der Waals surface area contributed by atoms with Crippen LogP contribution in [-0.2, 0) is 0 Å². The first-order chi connectivity index (χ1) is 9.69. The van der Waals surface area contributed by atoms with E-state index in [0.717, 1.165) is 44.6 Å². The fraction of sp³-hybridized carbons (Fsp3) is 0.562. The highest BCUT2D eigenvalue weighted by atomic mass is 16.5. The monoisotopic (exact) mass is 276 g/mol. The zero-order chi connectivity index (χ0) is 14.4. The minimum Gasteiger partial charge on any atom is -0.494 e. The smallest absolute Gasteiger partial charge is 0.150 e. The Morgan fingerprint density at radius 3 is 2.45 bits per heavy atom. The number of ether oxygens (including phenoxy) is 1. The highest BCUT2D eigenvalue weighted by Crippen LogP contribution is 2.13. The van der Waals surface area contributed by atoms with Gasteiger partial charge in [-0.25, -0.2) is 0 Å². The van der Waals surface area contributed by atoms with Crippen molar-refractivity contribution in [1.82, 2.24) is 9.80 Å². The van der Waals surface area contributed by atoms with Gasteiger partial charge < -0.3 is 9.64 Å². The molecule has 0 radical (unpaired) electrons. The SMILES string of the molecule is CC(CCOc1ccc(C=O)cc1)N1CCN(C)CC1. The maximum Gasteiger partial charge on any atom is 0.150 e. The molecule has 1 aliphatic heterocycles. The number of nitrogens with zero attached hydrogens (tertiary/aromatic N) is 2. The number of hydrogen-bond acceptors (Lipinski definition) is 4. The Hall–Kier alpha value is -1.39. The molecule has 1 aromatic rings. The molecule has 110 valence electrons. The quantitative estimate of drug-likeness (QED) is 0.743. The number of hydrogen-bond donors (Lipinski definition) is 0. The van der Waals surface area contributed by atoms with Gasteiger partial charge in [0.15, 0.2) is 0 Å². The summed E-state index contributed by atoms with van der Waals surface area (Å²) in [6.45, 7) is 7.58. The van der Waals surface area contributed by atoms with Crippen LogP contribution in [0.3, 0.4) is 0 Å². The molecule has 0 N–H and O–H groups in total. The molecule has 0 saturated carbocycles. The number of aldehydes is 1. The average Bonchev–Trinajstić information content (AvgIpc) is 2.48. The van der Waals surface area contributed by atoms with Crippen molar-refractivity contribution in [3.05, 3.63) is 29.8 Å². The van der Waals surface area contributed by atoms with Crippen LogP contribution in [0.15, 0.2) is 24.3 Å². The molecule has 0 amide bonds. The van der Waals surface area contributed by atoms with Crippen LogP contribution in [0.1, 0.15) is 23.7 Å². The second-order valence-electron chi connectivity index (χ2n) is 5.51. The van der Waals surface area contributed by atoms with Gasteiger partial charge in [0.05, 0.1) is 6.61 Å². The first-order valence-electron chi connectivity index (χ1n) is 7.29. The number of piperazine rings is 1. The Bertz CT molecular complexity index is 411. The molecule has 0 spiro atoms. The Morgan fingerprint density at radius 1 is 1.20 bits per heavy atom. The molecule has 1 saturated heterocycles. The van der Waals surface area contributed by atoms with E-state index in [9.17, 15) is 4.79 Å². The van der Waals surface area contributed by atoms with Gasteiger partial charge in [-0.05, 0) is 44.7 Å². The zero-order valence-corrected chi connectivity index (χ0v) is 12.4. The fourth-order valence-electron chi connectivity index (χ4n) is 2.44. The van der Waals surface area contributed by atoms with Crippen molar-refractivity contribution in [3.8, 4) is 5.75 Å². The number of carbonyl (C=O) groups is 1. The third-order valence-electron chi connectivity index (χ3n) is 3.98. The Labute approximate surface area is 121 Å². The van der Waals surface area contributed by atoms with Crippen molar-refractivity contribution in [1.29, 1.82) is 0 Å². The van der Waals surface area contributed by atoms with Crippen molar-refractivity contribution in [2.24, 2.45) is 0 Å². The second kappa shape index (κ2) is 7.41. The Kier molecular flexibility index (Phi) is 5.56. The lowest BCUT2D eigenvalue weighted by Gasteiger charge is -2.36. The van der Waals surface area contributed by atoms with E-state index < -0.39 is 0 Å². The third kappa shape index (κ3) is 4.32. The summed E-state index contributed by atoms with van der Waals surface area (Å²) in [5.41, 5.74) is 0.683. The largest absolute Gasteiger partial charge is 0.494 e. The van der Waals surface area contributed by atoms with E-state index in [0.29, 0.717) is 18.2 Å². The molecular weight excluding hydrogens is 252 g/mol. The van der Waals surface area contributed by atoms with Gasteiger partial charge in [0.2, 0.25) is 0 Å². The topological polar surface area (TPSA) is 32.8 Å². The second-order valence-corrected chi connectivity index (χ2v) is 5.51. The molecule has 20 heavy (non-hydrogen) atoms. The molecule has 2 rings (SSSR count). The van der Waals surface area contributed by atoms with Crippen molar-refractivity contribution in [2.75, 3.05) is 39.8 Å². The summed E-state index contributed by atoms with van der Waals surface area (Å²) in [6, 6.07) is 7.82. The van der Waals surface area contributed by atoms with Crippen LogP contribution in [0.2, 0.25) is 0 Å². The molecule has 1 fully saturated rings. The molecule has 0 aliphatic carbocycles. The summed E-state index contributed by atoms with van der Waals surface area (Å²) in [5, 5.41) is 0. The van der Waals surface area contributed by atoms with E-state index in [-0.39, 0.29) is 0 Å². The molecule has 1 aliphatic rings. The summed E-state index contributed by atoms with van der Waals surface area (Å²) in [6.07, 6.45) is 1.87. The summed E-state index contributed by atoms with van der Waals surface area (Å²) < 4.78 is 5.74. The normalized spacial score (nSPS) is 18.7. The number of carbonyl (C=O) groups excluding carboxylic acids is 1. The van der Waals surface area contributed by atoms with Gasteiger partial charge in [0.25, 0.3) is 0 Å². The predicted molar refractivity (Wildman–Crippen MR) is 80.5 cm³/mol. The fourth-order valence-corrected chi connectivity index (χ4v) is 2.44. The molecule has 1 heterocycles. The summed E-state index contributed by atoms with van der Waals surface area (Å²) in [4.78, 5) is 15.5. The average molecular weight is 276 g/mol. The maximum atomic E-state index is 10.6. The minimum atomic E-state index is 0.554. The van der Waals surface area contributed by atoms with Crippen molar-refractivity contribution in [3.63, 3.8) is 0 Å². The summed E-state index contributed by atoms with van der Waals surface area (Å²) >= 11 is 0. The first-order valence-corrected chi connectivity index (χ1v) is 7.29. The van der Waals surface area contributed by atoms with Crippen LogP contribution in [0.5, 0.6) is 5.75 Å². The standard InChI is InChI=1S/C16H24N2O2/c1-14(18-10-8-17(2)9-11-18)7-12-20-16-5-3-15(13-19)4-6-16/h3-6,13-14H,7-12H2,1-2H3. The van der Waals surface area contributed by atoms with Crippen LogP contribution in [0.25, 0.3) is 0 Å². The van der Waals surface area contributed by atoms with Gasteiger partial charge in [0.1, 0.15) is 12.0 Å². The molecular formula is C16H24N2O2. The van der Waals surface area contributed by atoms with E-state index in [2.05, 4.69) is 23.8 Å². The molecule has 4 heteroatoms. The maximum absolute atomic E-state index is 10.6. The number of likely N-dealkylation sites (N-methyl/N-ethyl adjacent to an activating group) is 1. The summed E-state index contributed by atoms with van der Waals surface area (Å²) in [5.74, 6) is 0.834. The molecule has 1 atom stereocenters. The molecule has 0 bridgehead atoms. The van der Waals surface area contributed by atoms with Gasteiger partial charge >= 0.3 is 0 Å². The van der Waals surface area contributed by atoms with E-state index in [1.807, 2.05) is 12.1 Å².